The monoisotopic (exact) mass is 463 g/mol. The topological polar surface area (TPSA) is 100 Å². The smallest absolute Gasteiger partial charge is 0.339 e. The number of thioether (sulfide) groups is 1. The molecule has 33 heavy (non-hydrogen) atoms. The van der Waals surface area contributed by atoms with E-state index in [1.54, 1.807) is 48.4 Å². The van der Waals surface area contributed by atoms with Crippen LogP contribution in [0.2, 0.25) is 0 Å². The molecule has 4 aromatic rings. The number of nitrogens with one attached hydrogen (secondary N) is 1. The summed E-state index contributed by atoms with van der Waals surface area (Å²) in [5.74, 6) is 0.810. The van der Waals surface area contributed by atoms with Gasteiger partial charge in [-0.25, -0.2) is 4.79 Å². The van der Waals surface area contributed by atoms with Gasteiger partial charge in [-0.05, 0) is 42.0 Å². The minimum atomic E-state index is -0.525. The molecule has 0 fully saturated rings. The van der Waals surface area contributed by atoms with Crippen molar-refractivity contribution in [2.24, 2.45) is 0 Å². The standard InChI is InChI=1S/C23H21N5O4S/c1-31-17-11-9-16(10-12-17)15-33-23-26-25-20(21(29)28(23)27-13-5-6-14-27)24-19-8-4-3-7-18(19)22(30)32-2/h3-14H,15H2,1-2H3,(H,24,25). The maximum absolute atomic E-state index is 13.4. The van der Waals surface area contributed by atoms with Crippen LogP contribution in [0.3, 0.4) is 0 Å². The Morgan fingerprint density at radius 1 is 1.00 bits per heavy atom. The summed E-state index contributed by atoms with van der Waals surface area (Å²) in [6.45, 7) is 0. The number of carbonyl (C=O) groups excluding carboxylic acids is 1. The molecule has 0 amide bonds. The first kappa shape index (κ1) is 22.2. The number of esters is 1. The van der Waals surface area contributed by atoms with Crippen molar-refractivity contribution in [1.82, 2.24) is 19.5 Å². The van der Waals surface area contributed by atoms with Gasteiger partial charge in [0.2, 0.25) is 11.0 Å². The number of rotatable bonds is 8. The second kappa shape index (κ2) is 10.0. The van der Waals surface area contributed by atoms with E-state index in [1.165, 1.54) is 23.5 Å². The fourth-order valence-electron chi connectivity index (χ4n) is 3.07. The van der Waals surface area contributed by atoms with Crippen LogP contribution in [-0.2, 0) is 10.5 Å². The Hall–Kier alpha value is -4.05. The molecule has 0 saturated carbocycles. The van der Waals surface area contributed by atoms with Gasteiger partial charge in [0, 0.05) is 18.1 Å². The first-order chi connectivity index (χ1) is 16.1. The van der Waals surface area contributed by atoms with E-state index in [0.717, 1.165) is 11.3 Å². The van der Waals surface area contributed by atoms with Gasteiger partial charge in [0.25, 0.3) is 0 Å². The second-order valence-electron chi connectivity index (χ2n) is 6.81. The van der Waals surface area contributed by atoms with E-state index < -0.39 is 11.5 Å². The van der Waals surface area contributed by atoms with E-state index in [-0.39, 0.29) is 11.4 Å². The molecule has 2 aromatic carbocycles. The van der Waals surface area contributed by atoms with Crippen LogP contribution in [0.25, 0.3) is 0 Å². The molecule has 0 atom stereocenters. The van der Waals surface area contributed by atoms with Crippen molar-refractivity contribution < 1.29 is 14.3 Å². The Bertz CT molecular complexity index is 1300. The van der Waals surface area contributed by atoms with Crippen LogP contribution in [0.4, 0.5) is 11.5 Å². The predicted molar refractivity (Wildman–Crippen MR) is 125 cm³/mol. The van der Waals surface area contributed by atoms with Crippen LogP contribution in [-0.4, -0.2) is 39.7 Å². The minimum Gasteiger partial charge on any atom is -0.497 e. The van der Waals surface area contributed by atoms with E-state index in [1.807, 2.05) is 36.4 Å². The first-order valence-corrected chi connectivity index (χ1v) is 10.9. The highest BCUT2D eigenvalue weighted by molar-refractivity contribution is 7.98. The van der Waals surface area contributed by atoms with Crippen LogP contribution in [0.5, 0.6) is 5.75 Å². The van der Waals surface area contributed by atoms with Crippen molar-refractivity contribution in [3.8, 4) is 5.75 Å². The van der Waals surface area contributed by atoms with Gasteiger partial charge >= 0.3 is 11.5 Å². The van der Waals surface area contributed by atoms with Gasteiger partial charge in [0.05, 0.1) is 25.5 Å². The van der Waals surface area contributed by atoms with Gasteiger partial charge in [0.1, 0.15) is 5.75 Å². The average molecular weight is 464 g/mol. The Labute approximate surface area is 194 Å². The molecule has 0 bridgehead atoms. The molecule has 4 rings (SSSR count). The molecular formula is C23H21N5O4S. The summed E-state index contributed by atoms with van der Waals surface area (Å²) in [6, 6.07) is 18.0. The molecule has 0 aliphatic rings. The van der Waals surface area contributed by atoms with E-state index in [4.69, 9.17) is 9.47 Å². The Balaban J connectivity index is 1.67. The zero-order valence-electron chi connectivity index (χ0n) is 18.0. The molecule has 10 heteroatoms. The summed E-state index contributed by atoms with van der Waals surface area (Å²) in [5, 5.41) is 11.7. The summed E-state index contributed by atoms with van der Waals surface area (Å²) in [6.07, 6.45) is 3.49. The number of para-hydroxylation sites is 1. The third kappa shape index (κ3) is 4.90. The summed E-state index contributed by atoms with van der Waals surface area (Å²) in [5.41, 5.74) is 1.31. The number of carbonyl (C=O) groups is 1. The van der Waals surface area contributed by atoms with Gasteiger partial charge < -0.3 is 14.8 Å². The fourth-order valence-corrected chi connectivity index (χ4v) is 3.96. The fraction of sp³-hybridized carbons (Fsp3) is 0.130. The Kier molecular flexibility index (Phi) is 6.75. The zero-order chi connectivity index (χ0) is 23.2. The number of aromatic nitrogens is 4. The lowest BCUT2D eigenvalue weighted by Gasteiger charge is -2.14. The van der Waals surface area contributed by atoms with Crippen molar-refractivity contribution in [2.45, 2.75) is 10.9 Å². The third-order valence-electron chi connectivity index (χ3n) is 4.74. The Morgan fingerprint density at radius 2 is 1.73 bits per heavy atom. The summed E-state index contributed by atoms with van der Waals surface area (Å²) >= 11 is 1.38. The van der Waals surface area contributed by atoms with E-state index in [2.05, 4.69) is 15.5 Å². The Morgan fingerprint density at radius 3 is 2.42 bits per heavy atom. The molecule has 1 N–H and O–H groups in total. The largest absolute Gasteiger partial charge is 0.497 e. The van der Waals surface area contributed by atoms with E-state index in [0.29, 0.717) is 16.6 Å². The number of benzene rings is 2. The van der Waals surface area contributed by atoms with Gasteiger partial charge in [0.15, 0.2) is 0 Å². The van der Waals surface area contributed by atoms with Crippen molar-refractivity contribution in [2.75, 3.05) is 19.5 Å². The number of hydrogen-bond donors (Lipinski definition) is 1. The lowest BCUT2D eigenvalue weighted by molar-refractivity contribution is 0.0602. The second-order valence-corrected chi connectivity index (χ2v) is 7.75. The highest BCUT2D eigenvalue weighted by Gasteiger charge is 2.17. The molecule has 0 spiro atoms. The number of anilines is 2. The van der Waals surface area contributed by atoms with Crippen molar-refractivity contribution >= 4 is 29.2 Å². The SMILES string of the molecule is COC(=O)c1ccccc1Nc1nnc(SCc2ccc(OC)cc2)n(-n2cccc2)c1=O. The van der Waals surface area contributed by atoms with Crippen molar-refractivity contribution in [1.29, 1.82) is 0 Å². The summed E-state index contributed by atoms with van der Waals surface area (Å²) in [7, 11) is 2.92. The molecule has 0 radical (unpaired) electrons. The van der Waals surface area contributed by atoms with Crippen LogP contribution >= 0.6 is 11.8 Å². The van der Waals surface area contributed by atoms with Crippen molar-refractivity contribution in [3.05, 3.63) is 94.5 Å². The summed E-state index contributed by atoms with van der Waals surface area (Å²) < 4.78 is 13.1. The highest BCUT2D eigenvalue weighted by atomic mass is 32.2. The van der Waals surface area contributed by atoms with Crippen LogP contribution in [0.15, 0.2) is 83.0 Å². The molecule has 2 aromatic heterocycles. The molecule has 0 aliphatic heterocycles. The average Bonchev–Trinajstić information content (AvgIpc) is 3.39. The van der Waals surface area contributed by atoms with Gasteiger partial charge in [-0.3, -0.25) is 9.47 Å². The molecule has 0 aliphatic carbocycles. The zero-order valence-corrected chi connectivity index (χ0v) is 18.8. The summed E-state index contributed by atoms with van der Waals surface area (Å²) in [4.78, 5) is 25.4. The van der Waals surface area contributed by atoms with Crippen LogP contribution in [0.1, 0.15) is 15.9 Å². The van der Waals surface area contributed by atoms with Gasteiger partial charge in [-0.1, -0.05) is 36.0 Å². The number of ether oxygens (including phenoxy) is 2. The third-order valence-corrected chi connectivity index (χ3v) is 5.73. The normalized spacial score (nSPS) is 10.6. The molecule has 9 nitrogen and oxygen atoms in total. The molecule has 0 unspecified atom stereocenters. The van der Waals surface area contributed by atoms with E-state index in [9.17, 15) is 9.59 Å². The van der Waals surface area contributed by atoms with Crippen molar-refractivity contribution in [3.63, 3.8) is 0 Å². The maximum Gasteiger partial charge on any atom is 0.339 e. The molecular weight excluding hydrogens is 442 g/mol. The number of hydrogen-bond acceptors (Lipinski definition) is 8. The molecule has 0 saturated heterocycles. The minimum absolute atomic E-state index is 0.0196. The number of methoxy groups -OCH3 is 2. The first-order valence-electron chi connectivity index (χ1n) is 9.94. The highest BCUT2D eigenvalue weighted by Crippen LogP contribution is 2.23. The predicted octanol–water partition coefficient (Wildman–Crippen LogP) is 3.58. The van der Waals surface area contributed by atoms with Crippen LogP contribution in [0, 0.1) is 0 Å². The van der Waals surface area contributed by atoms with Gasteiger partial charge in [-0.2, -0.15) is 4.68 Å². The molecule has 168 valence electrons. The molecule has 2 heterocycles. The lowest BCUT2D eigenvalue weighted by Crippen LogP contribution is -2.30. The maximum atomic E-state index is 13.4. The number of nitrogens with zero attached hydrogens (tertiary/aromatic N) is 4. The van der Waals surface area contributed by atoms with Crippen LogP contribution < -0.4 is 15.6 Å². The van der Waals surface area contributed by atoms with Gasteiger partial charge in [-0.15, -0.1) is 10.2 Å². The lowest BCUT2D eigenvalue weighted by atomic mass is 10.2. The van der Waals surface area contributed by atoms with E-state index >= 15 is 0 Å². The quantitative estimate of drug-likeness (QED) is 0.313.